The zero-order chi connectivity index (χ0) is 21.5. The number of aliphatic hydroxyl groups is 1. The molecule has 0 aliphatic heterocycles. The minimum absolute atomic E-state index is 0.151. The molecule has 0 aliphatic carbocycles. The molecule has 2 heterocycles. The Balaban J connectivity index is 1.73. The lowest BCUT2D eigenvalue weighted by atomic mass is 10.1. The van der Waals surface area contributed by atoms with Gasteiger partial charge in [-0.3, -0.25) is 10.00 Å². The highest BCUT2D eigenvalue weighted by Gasteiger charge is 2.16. The van der Waals surface area contributed by atoms with Crippen molar-refractivity contribution >= 4 is 22.8 Å². The van der Waals surface area contributed by atoms with E-state index < -0.39 is 0 Å². The lowest BCUT2D eigenvalue weighted by Crippen LogP contribution is -2.31. The Morgan fingerprint density at radius 3 is 2.73 bits per heavy atom. The van der Waals surface area contributed by atoms with Crippen LogP contribution in [0.2, 0.25) is 0 Å². The molecule has 0 radical (unpaired) electrons. The van der Waals surface area contributed by atoms with Crippen molar-refractivity contribution in [1.82, 2.24) is 20.1 Å². The number of pyridine rings is 1. The van der Waals surface area contributed by atoms with Crippen LogP contribution < -0.4 is 10.6 Å². The van der Waals surface area contributed by atoms with Crippen molar-refractivity contribution in [3.63, 3.8) is 0 Å². The zero-order valence-corrected chi connectivity index (χ0v) is 17.6. The number of hydrogen-bond donors (Lipinski definition) is 3. The van der Waals surface area contributed by atoms with Gasteiger partial charge in [-0.2, -0.15) is 5.10 Å². The third-order valence-corrected chi connectivity index (χ3v) is 4.82. The molecule has 1 unspecified atom stereocenters. The maximum absolute atomic E-state index is 12.4. The normalized spacial score (nSPS) is 13.2. The van der Waals surface area contributed by atoms with Crippen molar-refractivity contribution in [2.75, 3.05) is 18.5 Å². The second kappa shape index (κ2) is 10.2. The van der Waals surface area contributed by atoms with Gasteiger partial charge in [-0.25, -0.2) is 9.78 Å². The number of nitrogens with zero attached hydrogens (tertiary/aromatic N) is 3. The maximum atomic E-state index is 12.4. The largest absolute Gasteiger partial charge is 0.390 e. The first kappa shape index (κ1) is 21.7. The highest BCUT2D eigenvalue weighted by molar-refractivity contribution is 5.92. The molecule has 3 N–H and O–H groups in total. The van der Waals surface area contributed by atoms with Crippen molar-refractivity contribution < 1.29 is 14.6 Å². The number of aliphatic hydroxyl groups excluding tert-OH is 1. The Labute approximate surface area is 176 Å². The van der Waals surface area contributed by atoms with Crippen LogP contribution in [0.5, 0.6) is 0 Å². The number of nitrogens with one attached hydrogen (secondary N) is 2. The predicted octanol–water partition coefficient (Wildman–Crippen LogP) is 3.48. The molecule has 30 heavy (non-hydrogen) atoms. The summed E-state index contributed by atoms with van der Waals surface area (Å²) in [7, 11) is 0. The quantitative estimate of drug-likeness (QED) is 0.500. The third kappa shape index (κ3) is 5.34. The van der Waals surface area contributed by atoms with Crippen LogP contribution in [0.15, 0.2) is 42.6 Å². The van der Waals surface area contributed by atoms with Gasteiger partial charge in [0.1, 0.15) is 5.82 Å². The van der Waals surface area contributed by atoms with Gasteiger partial charge < -0.3 is 15.2 Å². The molecule has 0 saturated carbocycles. The summed E-state index contributed by atoms with van der Waals surface area (Å²) in [6.07, 6.45) is 1.72. The number of hydrogen-bond acceptors (Lipinski definition) is 5. The van der Waals surface area contributed by atoms with Crippen LogP contribution in [0.25, 0.3) is 10.9 Å². The molecule has 3 aromatic rings. The Morgan fingerprint density at radius 2 is 2.03 bits per heavy atom. The first-order chi connectivity index (χ1) is 14.5. The third-order valence-electron chi connectivity index (χ3n) is 4.82. The molecular formula is C22H29N5O3. The second-order valence-electron chi connectivity index (χ2n) is 7.37. The van der Waals surface area contributed by atoms with Crippen LogP contribution in [-0.4, -0.2) is 39.1 Å². The number of benzene rings is 1. The maximum Gasteiger partial charge on any atom is 0.320 e. The van der Waals surface area contributed by atoms with Crippen LogP contribution in [0, 0.1) is 5.92 Å². The van der Waals surface area contributed by atoms with Gasteiger partial charge in [0.05, 0.1) is 36.7 Å². The lowest BCUT2D eigenvalue weighted by molar-refractivity contribution is 0.109. The number of carbonyl (C=O) groups excluding carboxylic acids is 1. The number of amides is 2. The van der Waals surface area contributed by atoms with E-state index in [2.05, 4.69) is 27.6 Å². The topological polar surface area (TPSA) is 101 Å². The molecule has 8 nitrogen and oxygen atoms in total. The molecule has 2 aromatic heterocycles. The summed E-state index contributed by atoms with van der Waals surface area (Å²) in [5.41, 5.74) is 2.25. The van der Waals surface area contributed by atoms with Gasteiger partial charge >= 0.3 is 6.03 Å². The van der Waals surface area contributed by atoms with Crippen molar-refractivity contribution in [2.45, 2.75) is 40.0 Å². The van der Waals surface area contributed by atoms with Gasteiger partial charge in [0, 0.05) is 18.5 Å². The summed E-state index contributed by atoms with van der Waals surface area (Å²) in [6.45, 7) is 7.68. The molecule has 0 saturated heterocycles. The number of anilines is 1. The van der Waals surface area contributed by atoms with Gasteiger partial charge in [0.15, 0.2) is 0 Å². The Bertz CT molecular complexity index is 974. The van der Waals surface area contributed by atoms with E-state index in [0.29, 0.717) is 31.3 Å². The molecular weight excluding hydrogens is 382 g/mol. The van der Waals surface area contributed by atoms with Crippen LogP contribution >= 0.6 is 0 Å². The minimum Gasteiger partial charge on any atom is -0.390 e. The van der Waals surface area contributed by atoms with E-state index in [9.17, 15) is 9.90 Å². The summed E-state index contributed by atoms with van der Waals surface area (Å²) < 4.78 is 7.31. The summed E-state index contributed by atoms with van der Waals surface area (Å²) in [4.78, 5) is 16.9. The number of urea groups is 1. The predicted molar refractivity (Wildman–Crippen MR) is 116 cm³/mol. The minimum atomic E-state index is -0.361. The molecule has 0 aliphatic rings. The number of aromatic nitrogens is 3. The summed E-state index contributed by atoms with van der Waals surface area (Å²) >= 11 is 0. The first-order valence-electron chi connectivity index (χ1n) is 10.2. The molecule has 3 rings (SSSR count). The molecule has 0 spiro atoms. The van der Waals surface area contributed by atoms with Crippen LogP contribution in [-0.2, 0) is 17.9 Å². The molecule has 1 aromatic carbocycles. The van der Waals surface area contributed by atoms with E-state index in [1.807, 2.05) is 48.9 Å². The number of rotatable bonds is 9. The Morgan fingerprint density at radius 1 is 1.27 bits per heavy atom. The summed E-state index contributed by atoms with van der Waals surface area (Å²) in [5.74, 6) is 0.633. The van der Waals surface area contributed by atoms with Crippen molar-refractivity contribution in [3.8, 4) is 0 Å². The molecule has 0 bridgehead atoms. The van der Waals surface area contributed by atoms with Crippen LogP contribution in [0.4, 0.5) is 10.6 Å². The fourth-order valence-corrected chi connectivity index (χ4v) is 3.35. The number of fused-ring (bicyclic) bond motifs is 1. The fourth-order valence-electron chi connectivity index (χ4n) is 3.35. The highest BCUT2D eigenvalue weighted by atomic mass is 16.5. The van der Waals surface area contributed by atoms with E-state index in [1.165, 1.54) is 0 Å². The van der Waals surface area contributed by atoms with Gasteiger partial charge in [-0.05, 0) is 31.4 Å². The highest BCUT2D eigenvalue weighted by Crippen LogP contribution is 2.22. The molecule has 2 atom stereocenters. The van der Waals surface area contributed by atoms with Crippen molar-refractivity contribution in [2.24, 2.45) is 5.92 Å². The Hall–Kier alpha value is -2.97. The molecule has 2 amide bonds. The van der Waals surface area contributed by atoms with E-state index in [1.54, 1.807) is 12.3 Å². The second-order valence-corrected chi connectivity index (χ2v) is 7.37. The lowest BCUT2D eigenvalue weighted by Gasteiger charge is -2.16. The van der Waals surface area contributed by atoms with Gasteiger partial charge in [-0.1, -0.05) is 37.3 Å². The van der Waals surface area contributed by atoms with E-state index in [-0.39, 0.29) is 24.6 Å². The monoisotopic (exact) mass is 411 g/mol. The SMILES string of the molecule is CCOCC(C)Cn1ncc2cc(NC(=O)N[C@H](C)c3ccccc3)nc(CO)c21. The van der Waals surface area contributed by atoms with Gasteiger partial charge in [0.25, 0.3) is 0 Å². The molecule has 8 heteroatoms. The summed E-state index contributed by atoms with van der Waals surface area (Å²) in [6, 6.07) is 11.0. The van der Waals surface area contributed by atoms with E-state index in [0.717, 1.165) is 16.5 Å². The Kier molecular flexibility index (Phi) is 7.37. The zero-order valence-electron chi connectivity index (χ0n) is 17.6. The fraction of sp³-hybridized carbons (Fsp3) is 0.409. The van der Waals surface area contributed by atoms with Crippen molar-refractivity contribution in [1.29, 1.82) is 0 Å². The van der Waals surface area contributed by atoms with Gasteiger partial charge in [0.2, 0.25) is 0 Å². The average Bonchev–Trinajstić information content (AvgIpc) is 3.14. The van der Waals surface area contributed by atoms with Crippen LogP contribution in [0.3, 0.4) is 0 Å². The first-order valence-corrected chi connectivity index (χ1v) is 10.2. The average molecular weight is 412 g/mol. The number of carbonyl (C=O) groups is 1. The van der Waals surface area contributed by atoms with E-state index in [4.69, 9.17) is 4.74 Å². The standard InChI is InChI=1S/C22H29N5O3/c1-4-30-14-15(2)12-27-21-18(11-23-27)10-20(25-19(21)13-28)26-22(29)24-16(3)17-8-6-5-7-9-17/h5-11,15-16,28H,4,12-14H2,1-3H3,(H2,24,25,26,29)/t15?,16-/m1/s1. The van der Waals surface area contributed by atoms with Crippen molar-refractivity contribution in [3.05, 3.63) is 53.9 Å². The summed E-state index contributed by atoms with van der Waals surface area (Å²) in [5, 5.41) is 20.8. The van der Waals surface area contributed by atoms with E-state index >= 15 is 0 Å². The van der Waals surface area contributed by atoms with Gasteiger partial charge in [-0.15, -0.1) is 0 Å². The molecule has 0 fully saturated rings. The van der Waals surface area contributed by atoms with Crippen LogP contribution in [0.1, 0.15) is 38.1 Å². The number of ether oxygens (including phenoxy) is 1. The smallest absolute Gasteiger partial charge is 0.320 e. The molecule has 160 valence electrons.